The number of benzene rings is 1. The maximum absolute atomic E-state index is 6.00. The van der Waals surface area contributed by atoms with E-state index in [0.29, 0.717) is 11.7 Å². The standard InChI is InChI=1S/C14H15N5O/c1-20-10-5-3-2-4-9(10)19-14-11(13(15)16-17-14)12(18-19)8-6-7-8/h2-5,8H,6-7H2,1H3,(H3,15,16,17). The van der Waals surface area contributed by atoms with Crippen LogP contribution >= 0.6 is 0 Å². The summed E-state index contributed by atoms with van der Waals surface area (Å²) in [5.41, 5.74) is 8.67. The van der Waals surface area contributed by atoms with Gasteiger partial charge in [0, 0.05) is 5.92 Å². The second kappa shape index (κ2) is 4.00. The average molecular weight is 269 g/mol. The average Bonchev–Trinajstić information content (AvgIpc) is 3.15. The second-order valence-electron chi connectivity index (χ2n) is 5.08. The number of fused-ring (bicyclic) bond motifs is 1. The predicted octanol–water partition coefficient (Wildman–Crippen LogP) is 2.22. The fourth-order valence-electron chi connectivity index (χ4n) is 2.57. The number of hydrogen-bond donors (Lipinski definition) is 2. The molecule has 2 heterocycles. The van der Waals surface area contributed by atoms with Crippen molar-refractivity contribution in [3.63, 3.8) is 0 Å². The lowest BCUT2D eigenvalue weighted by Gasteiger charge is -2.07. The molecule has 0 saturated heterocycles. The Bertz CT molecular complexity index is 784. The maximum Gasteiger partial charge on any atom is 0.186 e. The zero-order chi connectivity index (χ0) is 13.7. The van der Waals surface area contributed by atoms with Gasteiger partial charge in [-0.15, -0.1) is 0 Å². The summed E-state index contributed by atoms with van der Waals surface area (Å²) in [7, 11) is 1.65. The SMILES string of the molecule is COc1ccccc1-n1nc(C2CC2)c2c(N)[nH]nc21. The van der Waals surface area contributed by atoms with Crippen molar-refractivity contribution in [1.29, 1.82) is 0 Å². The van der Waals surface area contributed by atoms with Crippen LogP contribution in [0.25, 0.3) is 16.7 Å². The number of nitrogens with zero attached hydrogens (tertiary/aromatic N) is 3. The van der Waals surface area contributed by atoms with Crippen LogP contribution in [0, 0.1) is 0 Å². The number of rotatable bonds is 3. The molecule has 4 rings (SSSR count). The van der Waals surface area contributed by atoms with E-state index in [9.17, 15) is 0 Å². The van der Waals surface area contributed by atoms with Crippen molar-refractivity contribution in [2.45, 2.75) is 18.8 Å². The minimum atomic E-state index is 0.508. The van der Waals surface area contributed by atoms with E-state index in [-0.39, 0.29) is 0 Å². The molecular weight excluding hydrogens is 254 g/mol. The maximum atomic E-state index is 6.00. The number of H-pyrrole nitrogens is 1. The third kappa shape index (κ3) is 1.51. The molecule has 1 saturated carbocycles. The Morgan fingerprint density at radius 3 is 2.90 bits per heavy atom. The molecule has 102 valence electrons. The van der Waals surface area contributed by atoms with Gasteiger partial charge in [-0.1, -0.05) is 12.1 Å². The number of aromatic nitrogens is 4. The molecule has 1 fully saturated rings. The number of ether oxygens (including phenoxy) is 1. The summed E-state index contributed by atoms with van der Waals surface area (Å²) >= 11 is 0. The van der Waals surface area contributed by atoms with Gasteiger partial charge in [0.25, 0.3) is 0 Å². The first-order valence-electron chi connectivity index (χ1n) is 6.65. The van der Waals surface area contributed by atoms with Gasteiger partial charge in [-0.25, -0.2) is 4.68 Å². The zero-order valence-corrected chi connectivity index (χ0v) is 11.1. The van der Waals surface area contributed by atoms with Crippen LogP contribution in [-0.2, 0) is 0 Å². The van der Waals surface area contributed by atoms with Gasteiger partial charge in [-0.2, -0.15) is 10.2 Å². The van der Waals surface area contributed by atoms with Crippen molar-refractivity contribution < 1.29 is 4.74 Å². The molecule has 0 radical (unpaired) electrons. The molecule has 0 amide bonds. The molecular formula is C14H15N5O. The van der Waals surface area contributed by atoms with Gasteiger partial charge < -0.3 is 10.5 Å². The monoisotopic (exact) mass is 269 g/mol. The van der Waals surface area contributed by atoms with E-state index in [0.717, 1.165) is 28.2 Å². The number of aromatic amines is 1. The van der Waals surface area contributed by atoms with E-state index in [1.807, 2.05) is 28.9 Å². The van der Waals surface area contributed by atoms with E-state index in [2.05, 4.69) is 10.2 Å². The molecule has 3 aromatic rings. The highest BCUT2D eigenvalue weighted by atomic mass is 16.5. The first-order chi connectivity index (χ1) is 9.79. The summed E-state index contributed by atoms with van der Waals surface area (Å²) < 4.78 is 7.22. The molecule has 6 heteroatoms. The summed E-state index contributed by atoms with van der Waals surface area (Å²) in [4.78, 5) is 0. The fourth-order valence-corrected chi connectivity index (χ4v) is 2.57. The molecule has 2 aromatic heterocycles. The normalized spacial score (nSPS) is 14.8. The molecule has 0 atom stereocenters. The van der Waals surface area contributed by atoms with Crippen LogP contribution in [0.1, 0.15) is 24.5 Å². The minimum Gasteiger partial charge on any atom is -0.494 e. The Hall–Kier alpha value is -2.50. The summed E-state index contributed by atoms with van der Waals surface area (Å²) in [5, 5.41) is 12.8. The lowest BCUT2D eigenvalue weighted by Crippen LogP contribution is -2.01. The highest BCUT2D eigenvalue weighted by Crippen LogP contribution is 2.44. The van der Waals surface area contributed by atoms with Crippen molar-refractivity contribution in [2.75, 3.05) is 12.8 Å². The van der Waals surface area contributed by atoms with Gasteiger partial charge in [-0.3, -0.25) is 5.10 Å². The highest BCUT2D eigenvalue weighted by Gasteiger charge is 2.31. The van der Waals surface area contributed by atoms with E-state index < -0.39 is 0 Å². The van der Waals surface area contributed by atoms with Crippen molar-refractivity contribution in [1.82, 2.24) is 20.0 Å². The zero-order valence-electron chi connectivity index (χ0n) is 11.1. The third-order valence-electron chi connectivity index (χ3n) is 3.72. The van der Waals surface area contributed by atoms with E-state index in [4.69, 9.17) is 15.6 Å². The summed E-state index contributed by atoms with van der Waals surface area (Å²) in [6, 6.07) is 7.77. The number of anilines is 1. The van der Waals surface area contributed by atoms with Crippen LogP contribution < -0.4 is 10.5 Å². The topological polar surface area (TPSA) is 81.8 Å². The minimum absolute atomic E-state index is 0.508. The van der Waals surface area contributed by atoms with Crippen molar-refractivity contribution in [3.05, 3.63) is 30.0 Å². The predicted molar refractivity (Wildman–Crippen MR) is 76.2 cm³/mol. The van der Waals surface area contributed by atoms with Crippen LogP contribution in [0.3, 0.4) is 0 Å². The number of nitrogens with one attached hydrogen (secondary N) is 1. The van der Waals surface area contributed by atoms with Crippen molar-refractivity contribution in [2.24, 2.45) is 0 Å². The number of nitrogen functional groups attached to an aromatic ring is 1. The lowest BCUT2D eigenvalue weighted by molar-refractivity contribution is 0.412. The number of para-hydroxylation sites is 2. The summed E-state index contributed by atoms with van der Waals surface area (Å²) in [5.74, 6) is 1.86. The molecule has 0 unspecified atom stereocenters. The van der Waals surface area contributed by atoms with Gasteiger partial charge in [0.1, 0.15) is 17.3 Å². The fraction of sp³-hybridized carbons (Fsp3) is 0.286. The van der Waals surface area contributed by atoms with Gasteiger partial charge in [0.15, 0.2) is 5.65 Å². The first kappa shape index (κ1) is 11.3. The van der Waals surface area contributed by atoms with E-state index in [1.54, 1.807) is 7.11 Å². The Morgan fingerprint density at radius 2 is 2.15 bits per heavy atom. The van der Waals surface area contributed by atoms with Gasteiger partial charge >= 0.3 is 0 Å². The number of nitrogens with two attached hydrogens (primary N) is 1. The largest absolute Gasteiger partial charge is 0.494 e. The number of hydrogen-bond acceptors (Lipinski definition) is 4. The third-order valence-corrected chi connectivity index (χ3v) is 3.72. The van der Waals surface area contributed by atoms with Gasteiger partial charge in [0.2, 0.25) is 0 Å². The van der Waals surface area contributed by atoms with E-state index >= 15 is 0 Å². The van der Waals surface area contributed by atoms with Crippen LogP contribution in [0.5, 0.6) is 5.75 Å². The molecule has 3 N–H and O–H groups in total. The van der Waals surface area contributed by atoms with Crippen LogP contribution in [-0.4, -0.2) is 27.1 Å². The molecule has 0 aliphatic heterocycles. The molecule has 1 aromatic carbocycles. The first-order valence-corrected chi connectivity index (χ1v) is 6.65. The number of methoxy groups -OCH3 is 1. The Morgan fingerprint density at radius 1 is 1.35 bits per heavy atom. The Kier molecular flexibility index (Phi) is 2.26. The molecule has 6 nitrogen and oxygen atoms in total. The van der Waals surface area contributed by atoms with Crippen molar-refractivity contribution >= 4 is 16.9 Å². The molecule has 0 bridgehead atoms. The second-order valence-corrected chi connectivity index (χ2v) is 5.08. The van der Waals surface area contributed by atoms with E-state index in [1.165, 1.54) is 12.8 Å². The van der Waals surface area contributed by atoms with Crippen LogP contribution in [0.4, 0.5) is 5.82 Å². The van der Waals surface area contributed by atoms with Crippen LogP contribution in [0.2, 0.25) is 0 Å². The highest BCUT2D eigenvalue weighted by molar-refractivity contribution is 5.90. The quantitative estimate of drug-likeness (QED) is 0.763. The van der Waals surface area contributed by atoms with Crippen LogP contribution in [0.15, 0.2) is 24.3 Å². The molecule has 1 aliphatic rings. The van der Waals surface area contributed by atoms with Gasteiger partial charge in [-0.05, 0) is 25.0 Å². The lowest BCUT2D eigenvalue weighted by atomic mass is 10.2. The Labute approximate surface area is 115 Å². The molecule has 1 aliphatic carbocycles. The van der Waals surface area contributed by atoms with Gasteiger partial charge in [0.05, 0.1) is 18.2 Å². The Balaban J connectivity index is 2.00. The van der Waals surface area contributed by atoms with Crippen molar-refractivity contribution in [3.8, 4) is 11.4 Å². The summed E-state index contributed by atoms with van der Waals surface area (Å²) in [6.45, 7) is 0. The summed E-state index contributed by atoms with van der Waals surface area (Å²) in [6.07, 6.45) is 2.34. The molecule has 0 spiro atoms. The molecule has 20 heavy (non-hydrogen) atoms. The smallest absolute Gasteiger partial charge is 0.186 e.